The summed E-state index contributed by atoms with van der Waals surface area (Å²) < 4.78 is 18.5. The fourth-order valence-corrected chi connectivity index (χ4v) is 6.40. The SMILES string of the molecule is CC(C)[C@H](C)C(=O)N1C[C@]2(CCCOC2)C[C@H]1c1nc2c(ccc3cc(B4OC(C)(C)C(C)(C)O4)ccc32)[nH]1.S.S.S. The summed E-state index contributed by atoms with van der Waals surface area (Å²) in [5, 5.41) is 2.18. The Morgan fingerprint density at radius 2 is 1.74 bits per heavy atom. The molecule has 1 N–H and O–H groups in total. The van der Waals surface area contributed by atoms with E-state index in [1.807, 2.05) is 0 Å². The molecule has 3 aromatic rings. The van der Waals surface area contributed by atoms with E-state index < -0.39 is 7.12 Å². The largest absolute Gasteiger partial charge is 0.494 e. The first-order valence-electron chi connectivity index (χ1n) is 14.6. The lowest BCUT2D eigenvalue weighted by molar-refractivity contribution is -0.138. The second kappa shape index (κ2) is 12.6. The van der Waals surface area contributed by atoms with Gasteiger partial charge in [0.15, 0.2) is 0 Å². The number of nitrogens with one attached hydrogen (secondary N) is 1. The molecule has 2 aromatic carbocycles. The molecule has 42 heavy (non-hydrogen) atoms. The number of H-pyrrole nitrogens is 1. The maximum absolute atomic E-state index is 13.7. The first-order valence-corrected chi connectivity index (χ1v) is 14.6. The Hall–Kier alpha value is -1.37. The lowest BCUT2D eigenvalue weighted by atomic mass is 9.78. The van der Waals surface area contributed by atoms with Gasteiger partial charge in [0.25, 0.3) is 0 Å². The molecule has 4 heterocycles. The van der Waals surface area contributed by atoms with Crippen molar-refractivity contribution in [3.05, 3.63) is 36.2 Å². The summed E-state index contributed by atoms with van der Waals surface area (Å²) in [5.41, 5.74) is 2.18. The molecule has 6 rings (SSSR count). The van der Waals surface area contributed by atoms with Crippen molar-refractivity contribution in [3.8, 4) is 0 Å². The number of nitrogens with zero attached hydrogens (tertiary/aromatic N) is 2. The van der Waals surface area contributed by atoms with Gasteiger partial charge in [-0.1, -0.05) is 45.0 Å². The van der Waals surface area contributed by atoms with Crippen LogP contribution in [0.2, 0.25) is 0 Å². The number of ether oxygens (including phenoxy) is 1. The van der Waals surface area contributed by atoms with Crippen LogP contribution >= 0.6 is 40.5 Å². The maximum atomic E-state index is 13.7. The van der Waals surface area contributed by atoms with E-state index in [1.54, 1.807) is 0 Å². The van der Waals surface area contributed by atoms with E-state index in [2.05, 4.69) is 88.7 Å². The Labute approximate surface area is 271 Å². The first kappa shape index (κ1) is 35.1. The van der Waals surface area contributed by atoms with Crippen LogP contribution in [-0.2, 0) is 18.8 Å². The standard InChI is InChI=1S/C31H42BN3O4.3H2S/c1-19(2)20(3)28(36)35-17-31(13-8-14-37-18-31)16-25(35)27-33-24-12-9-21-15-22(10-11-23(21)26(24)34-27)32-38-29(4,5)30(6,7)39-32;;;/h9-12,15,19-20,25H,8,13-14,16-18H2,1-7H3,(H,33,34);3*1H2/t20-,25-,31-;;;/m0.../s1. The molecule has 3 atom stereocenters. The molecule has 3 aliphatic heterocycles. The minimum absolute atomic E-state index is 0. The highest BCUT2D eigenvalue weighted by atomic mass is 32.1. The van der Waals surface area contributed by atoms with Gasteiger partial charge in [-0.05, 0) is 69.8 Å². The van der Waals surface area contributed by atoms with Gasteiger partial charge in [0.05, 0.1) is 34.9 Å². The molecule has 0 aliphatic carbocycles. The zero-order chi connectivity index (χ0) is 27.7. The average Bonchev–Trinajstić information content (AvgIpc) is 3.55. The van der Waals surface area contributed by atoms with Gasteiger partial charge in [-0.3, -0.25) is 4.79 Å². The lowest BCUT2D eigenvalue weighted by Crippen LogP contribution is -2.41. The number of benzene rings is 2. The molecule has 1 aromatic heterocycles. The molecular weight excluding hydrogens is 585 g/mol. The number of carbonyl (C=O) groups excluding carboxylic acids is 1. The van der Waals surface area contributed by atoms with E-state index in [0.717, 1.165) is 65.5 Å². The second-order valence-electron chi connectivity index (χ2n) is 13.5. The third kappa shape index (κ3) is 5.98. The number of hydrogen-bond acceptors (Lipinski definition) is 5. The monoisotopic (exact) mass is 633 g/mol. The van der Waals surface area contributed by atoms with Crippen molar-refractivity contribution < 1.29 is 18.8 Å². The highest BCUT2D eigenvalue weighted by Gasteiger charge is 2.52. The summed E-state index contributed by atoms with van der Waals surface area (Å²) in [4.78, 5) is 24.6. The number of hydrogen-bond donors (Lipinski definition) is 1. The molecule has 0 bridgehead atoms. The molecule has 0 radical (unpaired) electrons. The second-order valence-corrected chi connectivity index (χ2v) is 13.5. The summed E-state index contributed by atoms with van der Waals surface area (Å²) in [6.45, 7) is 16.9. The minimum Gasteiger partial charge on any atom is -0.399 e. The predicted octanol–water partition coefficient (Wildman–Crippen LogP) is 5.72. The molecule has 7 nitrogen and oxygen atoms in total. The van der Waals surface area contributed by atoms with Gasteiger partial charge in [-0.2, -0.15) is 40.5 Å². The summed E-state index contributed by atoms with van der Waals surface area (Å²) in [7, 11) is -0.403. The number of rotatable bonds is 4. The van der Waals surface area contributed by atoms with E-state index in [9.17, 15) is 4.79 Å². The van der Waals surface area contributed by atoms with Gasteiger partial charge in [0, 0.05) is 29.9 Å². The topological polar surface area (TPSA) is 76.7 Å². The van der Waals surface area contributed by atoms with E-state index in [-0.39, 0.29) is 80.9 Å². The molecular formula is C31H48BN3O4S3. The summed E-state index contributed by atoms with van der Waals surface area (Å²) in [5.74, 6) is 1.34. The Morgan fingerprint density at radius 3 is 2.36 bits per heavy atom. The molecule has 1 spiro atoms. The number of aromatic nitrogens is 2. The van der Waals surface area contributed by atoms with Crippen LogP contribution in [0.15, 0.2) is 30.3 Å². The Bertz CT molecular complexity index is 1410. The smallest absolute Gasteiger partial charge is 0.399 e. The van der Waals surface area contributed by atoms with Crippen molar-refractivity contribution in [1.29, 1.82) is 0 Å². The highest BCUT2D eigenvalue weighted by molar-refractivity contribution is 7.59. The van der Waals surface area contributed by atoms with Gasteiger partial charge in [-0.15, -0.1) is 0 Å². The summed E-state index contributed by atoms with van der Waals surface area (Å²) >= 11 is 0. The molecule has 232 valence electrons. The van der Waals surface area contributed by atoms with Crippen LogP contribution < -0.4 is 5.46 Å². The lowest BCUT2D eigenvalue weighted by Gasteiger charge is -2.33. The third-order valence-corrected chi connectivity index (χ3v) is 9.94. The molecule has 0 unspecified atom stereocenters. The van der Waals surface area contributed by atoms with Crippen LogP contribution in [-0.4, -0.2) is 58.9 Å². The van der Waals surface area contributed by atoms with Gasteiger partial charge in [-0.25, -0.2) is 4.98 Å². The van der Waals surface area contributed by atoms with Gasteiger partial charge >= 0.3 is 7.12 Å². The van der Waals surface area contributed by atoms with E-state index >= 15 is 0 Å². The van der Waals surface area contributed by atoms with E-state index in [1.165, 1.54) is 0 Å². The van der Waals surface area contributed by atoms with Crippen LogP contribution in [0.3, 0.4) is 0 Å². The maximum Gasteiger partial charge on any atom is 0.494 e. The molecule has 1 amide bonds. The van der Waals surface area contributed by atoms with Crippen LogP contribution in [0.4, 0.5) is 0 Å². The first-order chi connectivity index (χ1) is 18.4. The van der Waals surface area contributed by atoms with Crippen LogP contribution in [0.5, 0.6) is 0 Å². The molecule has 3 saturated heterocycles. The third-order valence-electron chi connectivity index (χ3n) is 9.94. The number of amides is 1. The fraction of sp³-hybridized carbons (Fsp3) is 0.613. The fourth-order valence-electron chi connectivity index (χ4n) is 6.40. The van der Waals surface area contributed by atoms with Crippen molar-refractivity contribution in [2.45, 2.75) is 85.0 Å². The van der Waals surface area contributed by atoms with Crippen molar-refractivity contribution in [2.24, 2.45) is 17.3 Å². The van der Waals surface area contributed by atoms with Crippen LogP contribution in [0, 0.1) is 17.3 Å². The molecule has 3 fully saturated rings. The number of carbonyl (C=O) groups is 1. The zero-order valence-electron chi connectivity index (χ0n) is 26.0. The Kier molecular flexibility index (Phi) is 10.5. The van der Waals surface area contributed by atoms with E-state index in [4.69, 9.17) is 19.0 Å². The summed E-state index contributed by atoms with van der Waals surface area (Å²) in [6, 6.07) is 10.5. The van der Waals surface area contributed by atoms with Gasteiger partial charge < -0.3 is 23.9 Å². The molecule has 0 saturated carbocycles. The molecule has 3 aliphatic rings. The number of aromatic amines is 1. The highest BCUT2D eigenvalue weighted by Crippen LogP contribution is 2.48. The quantitative estimate of drug-likeness (QED) is 0.373. The Morgan fingerprint density at radius 1 is 1.05 bits per heavy atom. The summed E-state index contributed by atoms with van der Waals surface area (Å²) in [6.07, 6.45) is 3.02. The van der Waals surface area contributed by atoms with Crippen molar-refractivity contribution in [3.63, 3.8) is 0 Å². The van der Waals surface area contributed by atoms with Gasteiger partial charge in [0.2, 0.25) is 5.91 Å². The van der Waals surface area contributed by atoms with Crippen molar-refractivity contribution >= 4 is 80.8 Å². The minimum atomic E-state index is -0.403. The van der Waals surface area contributed by atoms with Crippen molar-refractivity contribution in [1.82, 2.24) is 14.9 Å². The van der Waals surface area contributed by atoms with Crippen LogP contribution in [0.1, 0.15) is 79.6 Å². The number of imidazole rings is 1. The van der Waals surface area contributed by atoms with E-state index in [0.29, 0.717) is 6.61 Å². The van der Waals surface area contributed by atoms with Crippen molar-refractivity contribution in [2.75, 3.05) is 19.8 Å². The molecule has 11 heteroatoms. The number of likely N-dealkylation sites (tertiary alicyclic amines) is 1. The normalized spacial score (nSPS) is 25.4. The zero-order valence-corrected chi connectivity index (χ0v) is 29.0. The number of fused-ring (bicyclic) bond motifs is 3. The average molecular weight is 634 g/mol. The predicted molar refractivity (Wildman–Crippen MR) is 186 cm³/mol. The van der Waals surface area contributed by atoms with Crippen LogP contribution in [0.25, 0.3) is 21.8 Å². The van der Waals surface area contributed by atoms with Gasteiger partial charge in [0.1, 0.15) is 5.82 Å². The Balaban J connectivity index is 0.00000161.